The Bertz CT molecular complexity index is 735. The fourth-order valence-corrected chi connectivity index (χ4v) is 2.94. The Kier molecular flexibility index (Phi) is 5.68. The number of rotatable bonds is 6. The lowest BCUT2D eigenvalue weighted by molar-refractivity contribution is -0.0779. The number of nitrogens with zero attached hydrogens (tertiary/aromatic N) is 1. The van der Waals surface area contributed by atoms with E-state index in [9.17, 15) is 15.3 Å². The molecule has 0 amide bonds. The molecule has 1 heterocycles. The molecule has 4 atom stereocenters. The molecular weight excluding hydrogens is 332 g/mol. The molecule has 1 fully saturated rings. The van der Waals surface area contributed by atoms with Crippen molar-refractivity contribution < 1.29 is 20.1 Å². The van der Waals surface area contributed by atoms with Gasteiger partial charge in [-0.2, -0.15) is 0 Å². The highest BCUT2D eigenvalue weighted by atomic mass is 16.6. The number of anilines is 1. The maximum Gasteiger partial charge on any atom is 0.204 e. The number of aliphatic hydroxyl groups is 3. The molecule has 3 rings (SSSR count). The summed E-state index contributed by atoms with van der Waals surface area (Å²) in [7, 11) is 0. The fraction of sp³-hybridized carbons (Fsp3) is 0.350. The highest BCUT2D eigenvalue weighted by molar-refractivity contribution is 5.79. The van der Waals surface area contributed by atoms with Gasteiger partial charge in [-0.1, -0.05) is 48.0 Å². The topological polar surface area (TPSA) is 94.3 Å². The molecule has 2 aromatic rings. The van der Waals surface area contributed by atoms with Gasteiger partial charge < -0.3 is 25.4 Å². The summed E-state index contributed by atoms with van der Waals surface area (Å²) in [5, 5.41) is 33.4. The molecule has 1 aliphatic rings. The third-order valence-electron chi connectivity index (χ3n) is 4.53. The molecule has 26 heavy (non-hydrogen) atoms. The predicted molar refractivity (Wildman–Crippen MR) is 100 cm³/mol. The second-order valence-corrected chi connectivity index (χ2v) is 6.51. The summed E-state index contributed by atoms with van der Waals surface area (Å²) in [5.74, 6) is 0. The van der Waals surface area contributed by atoms with Crippen LogP contribution in [-0.2, 0) is 4.74 Å². The van der Waals surface area contributed by atoms with E-state index in [1.54, 1.807) is 6.21 Å². The van der Waals surface area contributed by atoms with Crippen molar-refractivity contribution in [3.8, 4) is 0 Å². The van der Waals surface area contributed by atoms with Crippen LogP contribution in [0.5, 0.6) is 0 Å². The summed E-state index contributed by atoms with van der Waals surface area (Å²) in [6.07, 6.45) is -1.77. The zero-order valence-electron chi connectivity index (χ0n) is 14.6. The molecule has 138 valence electrons. The molecular formula is C20H24N2O4. The third kappa shape index (κ3) is 3.94. The normalized spacial score (nSPS) is 28.5. The van der Waals surface area contributed by atoms with Gasteiger partial charge in [0.05, 0.1) is 13.2 Å². The molecule has 6 nitrogen and oxygen atoms in total. The minimum Gasteiger partial charge on any atom is -0.394 e. The molecule has 0 aromatic heterocycles. The monoisotopic (exact) mass is 356 g/mol. The first-order valence-electron chi connectivity index (χ1n) is 8.60. The van der Waals surface area contributed by atoms with E-state index in [2.05, 4.69) is 10.3 Å². The number of aliphatic imine (C=N–C) groups is 1. The van der Waals surface area contributed by atoms with Crippen molar-refractivity contribution in [1.29, 1.82) is 0 Å². The van der Waals surface area contributed by atoms with Crippen LogP contribution in [0.4, 0.5) is 5.69 Å². The van der Waals surface area contributed by atoms with Crippen LogP contribution in [0, 0.1) is 6.92 Å². The van der Waals surface area contributed by atoms with Gasteiger partial charge in [-0.3, -0.25) is 4.99 Å². The molecule has 0 bridgehead atoms. The van der Waals surface area contributed by atoms with Crippen molar-refractivity contribution in [2.24, 2.45) is 4.99 Å². The number of aryl methyl sites for hydroxylation is 1. The minimum atomic E-state index is -1.40. The number of ether oxygens (including phenoxy) is 1. The van der Waals surface area contributed by atoms with Crippen LogP contribution < -0.4 is 5.32 Å². The van der Waals surface area contributed by atoms with Crippen LogP contribution in [0.2, 0.25) is 0 Å². The average Bonchev–Trinajstić information content (AvgIpc) is 2.92. The van der Waals surface area contributed by atoms with Crippen molar-refractivity contribution in [3.05, 3.63) is 65.7 Å². The molecule has 6 heteroatoms. The Hall–Kier alpha value is -2.25. The number of benzene rings is 2. The first-order chi connectivity index (χ1) is 12.5. The van der Waals surface area contributed by atoms with Gasteiger partial charge in [-0.15, -0.1) is 0 Å². The highest BCUT2D eigenvalue weighted by Gasteiger charge is 2.53. The van der Waals surface area contributed by atoms with Crippen LogP contribution in [0.3, 0.4) is 0 Å². The lowest BCUT2D eigenvalue weighted by Gasteiger charge is -2.28. The maximum absolute atomic E-state index is 10.6. The molecule has 0 saturated carbocycles. The smallest absolute Gasteiger partial charge is 0.204 e. The van der Waals surface area contributed by atoms with E-state index in [-0.39, 0.29) is 6.54 Å². The van der Waals surface area contributed by atoms with Gasteiger partial charge in [-0.25, -0.2) is 0 Å². The highest BCUT2D eigenvalue weighted by Crippen LogP contribution is 2.33. The fourth-order valence-electron chi connectivity index (χ4n) is 2.94. The second-order valence-electron chi connectivity index (χ2n) is 6.51. The summed E-state index contributed by atoms with van der Waals surface area (Å²) in [6, 6.07) is 17.2. The Morgan fingerprint density at radius 3 is 2.42 bits per heavy atom. The van der Waals surface area contributed by atoms with Gasteiger partial charge in [-0.05, 0) is 24.6 Å². The summed E-state index contributed by atoms with van der Waals surface area (Å²) in [4.78, 5) is 4.46. The summed E-state index contributed by atoms with van der Waals surface area (Å²) in [5.41, 5.74) is 1.44. The Morgan fingerprint density at radius 1 is 1.12 bits per heavy atom. The number of nitrogens with one attached hydrogen (secondary N) is 1. The summed E-state index contributed by atoms with van der Waals surface area (Å²) in [6.45, 7) is 1.75. The minimum absolute atomic E-state index is 0.147. The van der Waals surface area contributed by atoms with Crippen molar-refractivity contribution in [3.63, 3.8) is 0 Å². The maximum atomic E-state index is 10.6. The van der Waals surface area contributed by atoms with Crippen LogP contribution in [0.25, 0.3) is 0 Å². The van der Waals surface area contributed by atoms with Gasteiger partial charge in [0.25, 0.3) is 0 Å². The summed E-state index contributed by atoms with van der Waals surface area (Å²) >= 11 is 0. The third-order valence-corrected chi connectivity index (χ3v) is 4.53. The van der Waals surface area contributed by atoms with E-state index in [1.165, 1.54) is 0 Å². The number of hydrogen-bond acceptors (Lipinski definition) is 6. The van der Waals surface area contributed by atoms with E-state index in [0.29, 0.717) is 0 Å². The molecule has 1 unspecified atom stereocenters. The standard InChI is InChI=1S/C20H24N2O4/c1-14-7-9-16(10-8-14)21-13-20(19(25)18(24)17(12-23)26-20)22-11-15-5-3-2-4-6-15/h2-11,17-19,21,23-25H,12-13H2,1H3/b22-11+/t17-,18-,19+,20?/m1/s1. The molecule has 4 N–H and O–H groups in total. The van der Waals surface area contributed by atoms with Crippen molar-refractivity contribution in [2.75, 3.05) is 18.5 Å². The second kappa shape index (κ2) is 7.97. The van der Waals surface area contributed by atoms with Crippen LogP contribution in [0.1, 0.15) is 11.1 Å². The Morgan fingerprint density at radius 2 is 1.81 bits per heavy atom. The first kappa shape index (κ1) is 18.5. The quantitative estimate of drug-likeness (QED) is 0.586. The van der Waals surface area contributed by atoms with E-state index in [1.807, 2.05) is 61.5 Å². The number of aliphatic hydroxyl groups excluding tert-OH is 3. The zero-order chi connectivity index (χ0) is 18.6. The van der Waals surface area contributed by atoms with Crippen molar-refractivity contribution in [1.82, 2.24) is 0 Å². The van der Waals surface area contributed by atoms with Gasteiger partial charge in [0, 0.05) is 11.9 Å². The lowest BCUT2D eigenvalue weighted by atomic mass is 10.0. The Balaban J connectivity index is 1.84. The van der Waals surface area contributed by atoms with E-state index >= 15 is 0 Å². The van der Waals surface area contributed by atoms with Crippen LogP contribution >= 0.6 is 0 Å². The van der Waals surface area contributed by atoms with Gasteiger partial charge >= 0.3 is 0 Å². The lowest BCUT2D eigenvalue weighted by Crippen LogP contribution is -2.47. The molecule has 0 radical (unpaired) electrons. The van der Waals surface area contributed by atoms with Crippen LogP contribution in [0.15, 0.2) is 59.6 Å². The molecule has 0 spiro atoms. The first-order valence-corrected chi connectivity index (χ1v) is 8.60. The molecule has 2 aromatic carbocycles. The Labute approximate surface area is 152 Å². The predicted octanol–water partition coefficient (Wildman–Crippen LogP) is 1.34. The largest absolute Gasteiger partial charge is 0.394 e. The average molecular weight is 356 g/mol. The number of hydrogen-bond donors (Lipinski definition) is 4. The van der Waals surface area contributed by atoms with Gasteiger partial charge in [0.15, 0.2) is 0 Å². The van der Waals surface area contributed by atoms with Crippen LogP contribution in [-0.4, -0.2) is 58.7 Å². The molecule has 1 aliphatic heterocycles. The molecule has 0 aliphatic carbocycles. The van der Waals surface area contributed by atoms with E-state index in [0.717, 1.165) is 16.8 Å². The van der Waals surface area contributed by atoms with E-state index < -0.39 is 30.6 Å². The summed E-state index contributed by atoms with van der Waals surface area (Å²) < 4.78 is 5.78. The zero-order valence-corrected chi connectivity index (χ0v) is 14.6. The van der Waals surface area contributed by atoms with Crippen molar-refractivity contribution in [2.45, 2.75) is 31.0 Å². The van der Waals surface area contributed by atoms with Gasteiger partial charge in [0.1, 0.15) is 18.3 Å². The van der Waals surface area contributed by atoms with Gasteiger partial charge in [0.2, 0.25) is 5.72 Å². The van der Waals surface area contributed by atoms with Crippen molar-refractivity contribution >= 4 is 11.9 Å². The SMILES string of the molecule is Cc1ccc(NCC2(/N=C/c3ccccc3)O[C@H](CO)[C@@H](O)[C@@H]2O)cc1. The van der Waals surface area contributed by atoms with E-state index in [4.69, 9.17) is 4.74 Å². The molecule has 1 saturated heterocycles.